The van der Waals surface area contributed by atoms with Gasteiger partial charge in [-0.1, -0.05) is 11.6 Å². The minimum Gasteiger partial charge on any atom is -0.454 e. The van der Waals surface area contributed by atoms with Gasteiger partial charge in [-0.15, -0.1) is 0 Å². The summed E-state index contributed by atoms with van der Waals surface area (Å²) in [6.45, 7) is 0.676. The Labute approximate surface area is 156 Å². The van der Waals surface area contributed by atoms with Crippen molar-refractivity contribution in [1.82, 2.24) is 10.6 Å². The summed E-state index contributed by atoms with van der Waals surface area (Å²) in [5.74, 6) is -1.99. The molecule has 10 heteroatoms. The second kappa shape index (κ2) is 8.05. The first kappa shape index (κ1) is 20.2. The first-order valence-electron chi connectivity index (χ1n) is 7.79. The van der Waals surface area contributed by atoms with E-state index in [1.807, 2.05) is 0 Å². The zero-order valence-electron chi connectivity index (χ0n) is 14.1. The average Bonchev–Trinajstić information content (AvgIpc) is 2.84. The molecule has 0 spiro atoms. The van der Waals surface area contributed by atoms with Crippen molar-refractivity contribution in [1.29, 1.82) is 0 Å². The third-order valence-corrected chi connectivity index (χ3v) is 5.96. The van der Waals surface area contributed by atoms with Crippen LogP contribution in [-0.2, 0) is 24.2 Å². The molecule has 1 fully saturated rings. The fourth-order valence-electron chi connectivity index (χ4n) is 2.53. The highest BCUT2D eigenvalue weighted by Crippen LogP contribution is 2.22. The fourth-order valence-corrected chi connectivity index (χ4v) is 4.75. The number of hydrogen-bond donors (Lipinski definition) is 2. The third-order valence-electron chi connectivity index (χ3n) is 3.81. The van der Waals surface area contributed by atoms with Crippen LogP contribution in [0, 0.1) is 0 Å². The van der Waals surface area contributed by atoms with Crippen molar-refractivity contribution >= 4 is 39.2 Å². The Hall–Kier alpha value is -2.13. The molecule has 2 N–H and O–H groups in total. The molecular weight excluding hydrogens is 384 g/mol. The molecule has 142 valence electrons. The molecule has 1 saturated heterocycles. The summed E-state index contributed by atoms with van der Waals surface area (Å²) in [5.41, 5.74) is -0.527. The fraction of sp³-hybridized carbons (Fsp3) is 0.438. The lowest BCUT2D eigenvalue weighted by Crippen LogP contribution is -2.48. The number of carbonyl (C=O) groups is 3. The van der Waals surface area contributed by atoms with E-state index in [2.05, 4.69) is 10.6 Å². The van der Waals surface area contributed by atoms with Crippen LogP contribution >= 0.6 is 11.6 Å². The molecule has 1 heterocycles. The minimum absolute atomic E-state index is 0.0142. The maximum atomic E-state index is 11.8. The minimum atomic E-state index is -3.16. The Morgan fingerprint density at radius 1 is 1.23 bits per heavy atom. The van der Waals surface area contributed by atoms with Crippen molar-refractivity contribution in [2.24, 2.45) is 0 Å². The van der Waals surface area contributed by atoms with Crippen molar-refractivity contribution in [3.05, 3.63) is 34.9 Å². The molecule has 0 unspecified atom stereocenters. The van der Waals surface area contributed by atoms with Gasteiger partial charge in [0, 0.05) is 10.6 Å². The molecule has 26 heavy (non-hydrogen) atoms. The molecular formula is C16H19ClN2O6S. The van der Waals surface area contributed by atoms with Crippen LogP contribution in [0.25, 0.3) is 0 Å². The van der Waals surface area contributed by atoms with E-state index in [0.717, 1.165) is 0 Å². The van der Waals surface area contributed by atoms with E-state index >= 15 is 0 Å². The molecule has 2 amide bonds. The number of halogens is 1. The van der Waals surface area contributed by atoms with Gasteiger partial charge in [0.1, 0.15) is 6.54 Å². The van der Waals surface area contributed by atoms with Gasteiger partial charge in [0.25, 0.3) is 11.8 Å². The molecule has 8 nitrogen and oxygen atoms in total. The van der Waals surface area contributed by atoms with Crippen molar-refractivity contribution in [2.45, 2.75) is 18.9 Å². The second-order valence-electron chi connectivity index (χ2n) is 6.30. The van der Waals surface area contributed by atoms with Crippen molar-refractivity contribution in [3.8, 4) is 0 Å². The quantitative estimate of drug-likeness (QED) is 0.661. The Kier molecular flexibility index (Phi) is 6.25. The summed E-state index contributed by atoms with van der Waals surface area (Å²) in [6.07, 6.45) is 0.312. The molecule has 2 rings (SSSR count). The summed E-state index contributed by atoms with van der Waals surface area (Å²) in [7, 11) is -3.16. The number of nitrogens with one attached hydrogen (secondary N) is 2. The second-order valence-corrected chi connectivity index (χ2v) is 8.92. The van der Waals surface area contributed by atoms with Crippen LogP contribution in [-0.4, -0.2) is 56.4 Å². The largest absolute Gasteiger partial charge is 0.454 e. The average molecular weight is 403 g/mol. The number of benzene rings is 1. The molecule has 0 saturated carbocycles. The van der Waals surface area contributed by atoms with Crippen molar-refractivity contribution < 1.29 is 27.5 Å². The molecule has 0 aliphatic carbocycles. The number of rotatable bonds is 6. The Balaban J connectivity index is 1.72. The molecule has 1 aliphatic heterocycles. The predicted molar refractivity (Wildman–Crippen MR) is 94.6 cm³/mol. The molecule has 1 aromatic carbocycles. The lowest BCUT2D eigenvalue weighted by atomic mass is 10.0. The zero-order chi connectivity index (χ0) is 19.4. The SMILES string of the molecule is C[C@@]1(NC(=O)COC(=O)CNC(=O)c2ccc(Cl)cc2)CCS(=O)(=O)C1. The Bertz CT molecular complexity index is 809. The van der Waals surface area contributed by atoms with E-state index in [0.29, 0.717) is 17.0 Å². The van der Waals surface area contributed by atoms with Gasteiger partial charge in [0.05, 0.1) is 17.0 Å². The number of ether oxygens (including phenoxy) is 1. The first-order valence-corrected chi connectivity index (χ1v) is 9.99. The van der Waals surface area contributed by atoms with Gasteiger partial charge in [0.15, 0.2) is 16.4 Å². The van der Waals surface area contributed by atoms with E-state index in [4.69, 9.17) is 16.3 Å². The van der Waals surface area contributed by atoms with E-state index in [1.165, 1.54) is 12.1 Å². The van der Waals surface area contributed by atoms with Crippen molar-refractivity contribution in [3.63, 3.8) is 0 Å². The van der Waals surface area contributed by atoms with Crippen LogP contribution < -0.4 is 10.6 Å². The lowest BCUT2D eigenvalue weighted by molar-refractivity contribution is -0.147. The van der Waals surface area contributed by atoms with Gasteiger partial charge in [-0.2, -0.15) is 0 Å². The maximum Gasteiger partial charge on any atom is 0.325 e. The van der Waals surface area contributed by atoms with Gasteiger partial charge in [0.2, 0.25) is 0 Å². The van der Waals surface area contributed by atoms with E-state index in [9.17, 15) is 22.8 Å². The van der Waals surface area contributed by atoms with Gasteiger partial charge in [-0.25, -0.2) is 8.42 Å². The molecule has 0 radical (unpaired) electrons. The summed E-state index contributed by atoms with van der Waals surface area (Å²) >= 11 is 5.72. The summed E-state index contributed by atoms with van der Waals surface area (Å²) < 4.78 is 27.8. The van der Waals surface area contributed by atoms with Gasteiger partial charge < -0.3 is 15.4 Å². The number of amides is 2. The molecule has 1 aromatic rings. The van der Waals surface area contributed by atoms with E-state index in [-0.39, 0.29) is 11.5 Å². The number of sulfone groups is 1. The van der Waals surface area contributed by atoms with Crippen LogP contribution in [0.15, 0.2) is 24.3 Å². The topological polar surface area (TPSA) is 119 Å². The first-order chi connectivity index (χ1) is 12.1. The monoisotopic (exact) mass is 402 g/mol. The number of carbonyl (C=O) groups excluding carboxylic acids is 3. The highest BCUT2D eigenvalue weighted by Gasteiger charge is 2.39. The van der Waals surface area contributed by atoms with E-state index < -0.39 is 46.3 Å². The van der Waals surface area contributed by atoms with Crippen LogP contribution in [0.4, 0.5) is 0 Å². The van der Waals surface area contributed by atoms with Crippen LogP contribution in [0.3, 0.4) is 0 Å². The molecule has 1 aliphatic rings. The standard InChI is InChI=1S/C16H19ClN2O6S/c1-16(6-7-26(23,24)10-16)19-13(20)9-25-14(21)8-18-15(22)11-2-4-12(17)5-3-11/h2-5H,6-10H2,1H3,(H,18,22)(H,19,20)/t16-/m1/s1. The number of hydrogen-bond acceptors (Lipinski definition) is 6. The Morgan fingerprint density at radius 2 is 1.88 bits per heavy atom. The van der Waals surface area contributed by atoms with Crippen LogP contribution in [0.1, 0.15) is 23.7 Å². The van der Waals surface area contributed by atoms with Crippen LogP contribution in [0.5, 0.6) is 0 Å². The van der Waals surface area contributed by atoms with E-state index in [1.54, 1.807) is 19.1 Å². The summed E-state index contributed by atoms with van der Waals surface area (Å²) in [4.78, 5) is 35.3. The predicted octanol–water partition coefficient (Wildman–Crippen LogP) is 0.306. The maximum absolute atomic E-state index is 11.8. The van der Waals surface area contributed by atoms with Crippen molar-refractivity contribution in [2.75, 3.05) is 24.7 Å². The summed E-state index contributed by atoms with van der Waals surface area (Å²) in [5, 5.41) is 5.41. The highest BCUT2D eigenvalue weighted by atomic mass is 35.5. The molecule has 0 aromatic heterocycles. The zero-order valence-corrected chi connectivity index (χ0v) is 15.7. The molecule has 1 atom stereocenters. The van der Waals surface area contributed by atoms with Gasteiger partial charge in [-0.3, -0.25) is 14.4 Å². The van der Waals surface area contributed by atoms with Gasteiger partial charge >= 0.3 is 5.97 Å². The smallest absolute Gasteiger partial charge is 0.325 e. The molecule has 0 bridgehead atoms. The summed E-state index contributed by atoms with van der Waals surface area (Å²) in [6, 6.07) is 6.10. The Morgan fingerprint density at radius 3 is 2.46 bits per heavy atom. The third kappa shape index (κ3) is 5.99. The highest BCUT2D eigenvalue weighted by molar-refractivity contribution is 7.91. The van der Waals surface area contributed by atoms with Crippen LogP contribution in [0.2, 0.25) is 5.02 Å². The van der Waals surface area contributed by atoms with Gasteiger partial charge in [-0.05, 0) is 37.6 Å². The lowest BCUT2D eigenvalue weighted by Gasteiger charge is -2.23. The normalized spacial score (nSPS) is 21.0. The number of esters is 1.